The quantitative estimate of drug-likeness (QED) is 0.724. The molecule has 1 N–H and O–H groups in total. The van der Waals surface area contributed by atoms with E-state index < -0.39 is 0 Å². The summed E-state index contributed by atoms with van der Waals surface area (Å²) in [5, 5.41) is 4.13. The number of hydrogen-bond donors (Lipinski definition) is 1. The highest BCUT2D eigenvalue weighted by Gasteiger charge is 2.11. The third-order valence-electron chi connectivity index (χ3n) is 2.99. The fraction of sp³-hybridized carbons (Fsp3) is 0.200. The van der Waals surface area contributed by atoms with Gasteiger partial charge in [0.25, 0.3) is 0 Å². The minimum absolute atomic E-state index is 0.273. The van der Waals surface area contributed by atoms with Gasteiger partial charge in [-0.3, -0.25) is 0 Å². The zero-order chi connectivity index (χ0) is 13.8. The van der Waals surface area contributed by atoms with Gasteiger partial charge in [0, 0.05) is 20.0 Å². The van der Waals surface area contributed by atoms with Crippen molar-refractivity contribution < 1.29 is 0 Å². The minimum atomic E-state index is 0.273. The van der Waals surface area contributed by atoms with E-state index in [1.54, 1.807) is 0 Å². The lowest BCUT2D eigenvalue weighted by atomic mass is 9.99. The molecular weight excluding hydrogens is 389 g/mol. The number of hydrogen-bond acceptors (Lipinski definition) is 1. The summed E-state index contributed by atoms with van der Waals surface area (Å²) in [6.45, 7) is 0. The smallest absolute Gasteiger partial charge is 0.0406 e. The first-order chi connectivity index (χ1) is 9.08. The van der Waals surface area contributed by atoms with Crippen LogP contribution in [0.4, 0.5) is 0 Å². The van der Waals surface area contributed by atoms with Crippen LogP contribution in [0.15, 0.2) is 51.4 Å². The highest BCUT2D eigenvalue weighted by atomic mass is 79.9. The molecule has 0 saturated carbocycles. The van der Waals surface area contributed by atoms with Gasteiger partial charge in [0.05, 0.1) is 0 Å². The normalized spacial score (nSPS) is 12.4. The van der Waals surface area contributed by atoms with E-state index >= 15 is 0 Å². The lowest BCUT2D eigenvalue weighted by molar-refractivity contribution is 0.591. The van der Waals surface area contributed by atoms with Gasteiger partial charge in [0.2, 0.25) is 0 Å². The van der Waals surface area contributed by atoms with Crippen LogP contribution < -0.4 is 5.32 Å². The molecule has 1 unspecified atom stereocenters. The van der Waals surface area contributed by atoms with Gasteiger partial charge in [-0.25, -0.2) is 0 Å². The molecule has 0 amide bonds. The maximum Gasteiger partial charge on any atom is 0.0406 e. The van der Waals surface area contributed by atoms with E-state index in [0.29, 0.717) is 0 Å². The molecule has 0 radical (unpaired) electrons. The largest absolute Gasteiger partial charge is 0.313 e. The predicted octanol–water partition coefficient (Wildman–Crippen LogP) is 5.37. The van der Waals surface area contributed by atoms with Gasteiger partial charge in [0.1, 0.15) is 0 Å². The molecule has 100 valence electrons. The van der Waals surface area contributed by atoms with Gasteiger partial charge in [-0.15, -0.1) is 0 Å². The van der Waals surface area contributed by atoms with Crippen LogP contribution in [-0.2, 0) is 6.42 Å². The molecule has 2 aromatic rings. The summed E-state index contributed by atoms with van der Waals surface area (Å²) in [6, 6.07) is 14.6. The minimum Gasteiger partial charge on any atom is -0.313 e. The first kappa shape index (κ1) is 15.0. The molecule has 4 heteroatoms. The molecule has 19 heavy (non-hydrogen) atoms. The van der Waals surface area contributed by atoms with Crippen LogP contribution in [0.2, 0.25) is 5.02 Å². The lowest BCUT2D eigenvalue weighted by Crippen LogP contribution is -2.18. The van der Waals surface area contributed by atoms with Crippen LogP contribution in [0, 0.1) is 0 Å². The molecule has 0 aliphatic carbocycles. The van der Waals surface area contributed by atoms with Crippen LogP contribution in [0.25, 0.3) is 0 Å². The first-order valence-corrected chi connectivity index (χ1v) is 7.92. The third-order valence-corrected chi connectivity index (χ3v) is 4.16. The molecular formula is C15H14Br2ClN. The van der Waals surface area contributed by atoms with Gasteiger partial charge < -0.3 is 5.32 Å². The topological polar surface area (TPSA) is 12.0 Å². The first-order valence-electron chi connectivity index (χ1n) is 5.96. The van der Waals surface area contributed by atoms with Crippen molar-refractivity contribution in [3.8, 4) is 0 Å². The van der Waals surface area contributed by atoms with E-state index in [4.69, 9.17) is 11.6 Å². The molecule has 2 rings (SSSR count). The number of halogens is 3. The van der Waals surface area contributed by atoms with Crippen molar-refractivity contribution in [1.82, 2.24) is 5.32 Å². The molecule has 0 spiro atoms. The van der Waals surface area contributed by atoms with Crippen molar-refractivity contribution in [2.24, 2.45) is 0 Å². The summed E-state index contributed by atoms with van der Waals surface area (Å²) in [5.41, 5.74) is 2.51. The Morgan fingerprint density at radius 3 is 2.16 bits per heavy atom. The van der Waals surface area contributed by atoms with Crippen molar-refractivity contribution >= 4 is 43.5 Å². The fourth-order valence-electron chi connectivity index (χ4n) is 2.02. The summed E-state index contributed by atoms with van der Waals surface area (Å²) in [4.78, 5) is 0. The maximum atomic E-state index is 5.91. The molecule has 0 aliphatic heterocycles. The number of rotatable bonds is 4. The van der Waals surface area contributed by atoms with E-state index in [9.17, 15) is 0 Å². The second kappa shape index (κ2) is 6.89. The van der Waals surface area contributed by atoms with Gasteiger partial charge in [0.15, 0.2) is 0 Å². The summed E-state index contributed by atoms with van der Waals surface area (Å²) >= 11 is 13.0. The number of likely N-dealkylation sites (N-methyl/N-ethyl adjacent to an activating group) is 1. The van der Waals surface area contributed by atoms with Crippen molar-refractivity contribution in [3.63, 3.8) is 0 Å². The van der Waals surface area contributed by atoms with Crippen molar-refractivity contribution in [3.05, 3.63) is 67.6 Å². The van der Waals surface area contributed by atoms with Crippen LogP contribution in [-0.4, -0.2) is 7.05 Å². The van der Waals surface area contributed by atoms with Crippen LogP contribution >= 0.6 is 43.5 Å². The Kier molecular flexibility index (Phi) is 5.46. The summed E-state index contributed by atoms with van der Waals surface area (Å²) in [5.74, 6) is 0. The molecule has 0 aliphatic rings. The average Bonchev–Trinajstić information content (AvgIpc) is 2.37. The third kappa shape index (κ3) is 4.32. The monoisotopic (exact) mass is 401 g/mol. The Hall–Kier alpha value is -0.350. The second-order valence-electron chi connectivity index (χ2n) is 4.37. The number of nitrogens with one attached hydrogen (secondary N) is 1. The zero-order valence-electron chi connectivity index (χ0n) is 10.5. The van der Waals surface area contributed by atoms with E-state index in [0.717, 1.165) is 20.4 Å². The van der Waals surface area contributed by atoms with Crippen molar-refractivity contribution in [2.45, 2.75) is 12.5 Å². The highest BCUT2D eigenvalue weighted by molar-refractivity contribution is 9.11. The fourth-order valence-corrected chi connectivity index (χ4v) is 3.47. The molecule has 0 saturated heterocycles. The van der Waals surface area contributed by atoms with Gasteiger partial charge >= 0.3 is 0 Å². The highest BCUT2D eigenvalue weighted by Crippen LogP contribution is 2.26. The average molecular weight is 404 g/mol. The summed E-state index contributed by atoms with van der Waals surface area (Å²) < 4.78 is 2.15. The van der Waals surface area contributed by atoms with Crippen molar-refractivity contribution in [2.75, 3.05) is 7.05 Å². The molecule has 1 nitrogen and oxygen atoms in total. The number of benzene rings is 2. The standard InChI is InChI=1S/C15H14Br2ClN/c1-19-15(6-10-2-4-14(18)5-3-10)11-7-12(16)9-13(17)8-11/h2-5,7-9,15,19H,6H2,1H3. The Bertz CT molecular complexity index is 534. The summed E-state index contributed by atoms with van der Waals surface area (Å²) in [6.07, 6.45) is 0.927. The molecule has 0 heterocycles. The van der Waals surface area contributed by atoms with Crippen molar-refractivity contribution in [1.29, 1.82) is 0 Å². The van der Waals surface area contributed by atoms with E-state index in [1.165, 1.54) is 11.1 Å². The maximum absolute atomic E-state index is 5.91. The molecule has 0 bridgehead atoms. The second-order valence-corrected chi connectivity index (χ2v) is 6.64. The SMILES string of the molecule is CNC(Cc1ccc(Cl)cc1)c1cc(Br)cc(Br)c1. The Morgan fingerprint density at radius 2 is 1.63 bits per heavy atom. The molecule has 0 aromatic heterocycles. The Morgan fingerprint density at radius 1 is 1.05 bits per heavy atom. The van der Waals surface area contributed by atoms with Crippen LogP contribution in [0.1, 0.15) is 17.2 Å². The van der Waals surface area contributed by atoms with Crippen LogP contribution in [0.3, 0.4) is 0 Å². The molecule has 2 aromatic carbocycles. The Balaban J connectivity index is 2.22. The molecule has 0 fully saturated rings. The van der Waals surface area contributed by atoms with E-state index in [-0.39, 0.29) is 6.04 Å². The van der Waals surface area contributed by atoms with E-state index in [2.05, 4.69) is 61.4 Å². The van der Waals surface area contributed by atoms with Crippen LogP contribution in [0.5, 0.6) is 0 Å². The predicted molar refractivity (Wildman–Crippen MR) is 88.8 cm³/mol. The summed E-state index contributed by atoms with van der Waals surface area (Å²) in [7, 11) is 1.98. The zero-order valence-corrected chi connectivity index (χ0v) is 14.4. The Labute approximate surface area is 135 Å². The van der Waals surface area contributed by atoms with Gasteiger partial charge in [-0.05, 0) is 54.9 Å². The molecule has 1 atom stereocenters. The van der Waals surface area contributed by atoms with Gasteiger partial charge in [-0.1, -0.05) is 55.6 Å². The lowest BCUT2D eigenvalue weighted by Gasteiger charge is -2.17. The van der Waals surface area contributed by atoms with Gasteiger partial charge in [-0.2, -0.15) is 0 Å². The van der Waals surface area contributed by atoms with E-state index in [1.807, 2.05) is 25.2 Å².